The minimum atomic E-state index is -3.24. The number of amides is 1. The summed E-state index contributed by atoms with van der Waals surface area (Å²) >= 11 is 7.70. The highest BCUT2D eigenvalue weighted by Gasteiger charge is 2.33. The fourth-order valence-corrected chi connectivity index (χ4v) is 5.71. The molecule has 3 heterocycles. The highest BCUT2D eigenvalue weighted by Crippen LogP contribution is 2.35. The highest BCUT2D eigenvalue weighted by molar-refractivity contribution is 7.88. The first-order valence-corrected chi connectivity index (χ1v) is 12.6. The summed E-state index contributed by atoms with van der Waals surface area (Å²) in [6.07, 6.45) is 3.86. The number of halogens is 1. The van der Waals surface area contributed by atoms with Crippen LogP contribution in [0.25, 0.3) is 10.2 Å². The topological polar surface area (TPSA) is 83.5 Å². The number of hydrogen-bond donors (Lipinski definition) is 0. The molecule has 1 aromatic carbocycles. The maximum absolute atomic E-state index is 13.5. The van der Waals surface area contributed by atoms with E-state index in [1.807, 2.05) is 30.3 Å². The number of carbonyl (C=O) groups excluding carboxylic acids is 1. The van der Waals surface area contributed by atoms with Gasteiger partial charge in [-0.15, -0.1) is 0 Å². The third-order valence-electron chi connectivity index (χ3n) is 5.17. The van der Waals surface area contributed by atoms with Crippen LogP contribution in [0.5, 0.6) is 0 Å². The van der Waals surface area contributed by atoms with Crippen molar-refractivity contribution in [1.82, 2.24) is 14.3 Å². The van der Waals surface area contributed by atoms with Gasteiger partial charge in [0.25, 0.3) is 0 Å². The second-order valence-corrected chi connectivity index (χ2v) is 10.7. The van der Waals surface area contributed by atoms with Crippen LogP contribution in [0.3, 0.4) is 0 Å². The number of benzene rings is 1. The average Bonchev–Trinajstić information content (AvgIpc) is 3.17. The molecule has 0 aliphatic carbocycles. The Morgan fingerprint density at radius 3 is 2.63 bits per heavy atom. The molecule has 0 radical (unpaired) electrons. The molecule has 1 fully saturated rings. The molecule has 7 nitrogen and oxygen atoms in total. The van der Waals surface area contributed by atoms with Crippen molar-refractivity contribution >= 4 is 54.2 Å². The van der Waals surface area contributed by atoms with Crippen molar-refractivity contribution in [3.05, 3.63) is 53.3 Å². The summed E-state index contributed by atoms with van der Waals surface area (Å²) in [6, 6.07) is 11.1. The van der Waals surface area contributed by atoms with Crippen LogP contribution in [0.15, 0.2) is 42.6 Å². The summed E-state index contributed by atoms with van der Waals surface area (Å²) in [6.45, 7) is 0.986. The lowest BCUT2D eigenvalue weighted by atomic mass is 9.96. The quantitative estimate of drug-likeness (QED) is 0.576. The fraction of sp³-hybridized carbons (Fsp3) is 0.350. The first-order chi connectivity index (χ1) is 14.3. The normalized spacial score (nSPS) is 16.1. The molecular weight excluding hydrogens is 444 g/mol. The highest BCUT2D eigenvalue weighted by atomic mass is 35.5. The summed E-state index contributed by atoms with van der Waals surface area (Å²) in [5.41, 5.74) is 1.43. The number of carbonyl (C=O) groups is 1. The number of hydrogen-bond acceptors (Lipinski definition) is 6. The summed E-state index contributed by atoms with van der Waals surface area (Å²) < 4.78 is 25.9. The molecule has 1 saturated heterocycles. The number of fused-ring (bicyclic) bond motifs is 1. The maximum Gasteiger partial charge on any atom is 0.232 e. The second kappa shape index (κ2) is 8.58. The first kappa shape index (κ1) is 21.2. The van der Waals surface area contributed by atoms with E-state index in [2.05, 4.69) is 9.97 Å². The van der Waals surface area contributed by atoms with Gasteiger partial charge in [0.1, 0.15) is 5.52 Å². The summed E-state index contributed by atoms with van der Waals surface area (Å²) in [4.78, 5) is 24.1. The first-order valence-electron chi connectivity index (χ1n) is 9.54. The Morgan fingerprint density at radius 2 is 2.00 bits per heavy atom. The molecule has 0 saturated carbocycles. The Labute approximate surface area is 184 Å². The third kappa shape index (κ3) is 4.49. The number of anilines is 1. The van der Waals surface area contributed by atoms with Gasteiger partial charge in [-0.2, -0.15) is 0 Å². The molecule has 0 atom stereocenters. The molecule has 1 aliphatic heterocycles. The molecule has 4 rings (SSSR count). The molecule has 1 aliphatic rings. The van der Waals surface area contributed by atoms with Crippen molar-refractivity contribution in [2.75, 3.05) is 24.2 Å². The summed E-state index contributed by atoms with van der Waals surface area (Å²) in [5.74, 6) is -0.335. The monoisotopic (exact) mass is 464 g/mol. The molecule has 2 aromatic heterocycles. The molecule has 30 heavy (non-hydrogen) atoms. The lowest BCUT2D eigenvalue weighted by molar-refractivity contribution is -0.123. The second-order valence-electron chi connectivity index (χ2n) is 7.26. The number of piperidine rings is 1. The minimum absolute atomic E-state index is 0.0658. The Balaban J connectivity index is 1.63. The van der Waals surface area contributed by atoms with Crippen molar-refractivity contribution in [2.45, 2.75) is 19.4 Å². The van der Waals surface area contributed by atoms with Crippen molar-refractivity contribution in [3.63, 3.8) is 0 Å². The van der Waals surface area contributed by atoms with Crippen LogP contribution >= 0.6 is 22.9 Å². The van der Waals surface area contributed by atoms with Crippen molar-refractivity contribution in [1.29, 1.82) is 0 Å². The van der Waals surface area contributed by atoms with E-state index < -0.39 is 10.0 Å². The number of thiazole rings is 1. The molecule has 0 spiro atoms. The number of pyridine rings is 1. The van der Waals surface area contributed by atoms with Gasteiger partial charge >= 0.3 is 0 Å². The summed E-state index contributed by atoms with van der Waals surface area (Å²) in [5, 5.41) is 1.11. The SMILES string of the molecule is CS(=O)(=O)N1CCC(C(=O)N(Cc2ccccn2)c2nc3c(Cl)cccc3s2)CC1. The lowest BCUT2D eigenvalue weighted by Crippen LogP contribution is -2.44. The van der Waals surface area contributed by atoms with Crippen molar-refractivity contribution < 1.29 is 13.2 Å². The molecule has 10 heteroatoms. The number of sulfonamides is 1. The third-order valence-corrected chi connectivity index (χ3v) is 7.83. The van der Waals surface area contributed by atoms with Gasteiger partial charge in [0.05, 0.1) is 28.2 Å². The van der Waals surface area contributed by atoms with E-state index in [1.165, 1.54) is 21.9 Å². The Morgan fingerprint density at radius 1 is 1.23 bits per heavy atom. The van der Waals surface area contributed by atoms with E-state index in [0.717, 1.165) is 10.4 Å². The smallest absolute Gasteiger partial charge is 0.232 e. The van der Waals surface area contributed by atoms with E-state index in [-0.39, 0.29) is 11.8 Å². The number of nitrogens with zero attached hydrogens (tertiary/aromatic N) is 4. The van der Waals surface area contributed by atoms with Crippen molar-refractivity contribution in [2.24, 2.45) is 5.92 Å². The van der Waals surface area contributed by atoms with Crippen LogP contribution in [0.2, 0.25) is 5.02 Å². The van der Waals surface area contributed by atoms with Crippen LogP contribution in [0, 0.1) is 5.92 Å². The van der Waals surface area contributed by atoms with Crippen LogP contribution in [0.1, 0.15) is 18.5 Å². The number of para-hydroxylation sites is 1. The van der Waals surface area contributed by atoms with E-state index in [0.29, 0.717) is 48.1 Å². The van der Waals surface area contributed by atoms with Gasteiger partial charge in [0, 0.05) is 25.2 Å². The Bertz CT molecular complexity index is 1160. The van der Waals surface area contributed by atoms with Gasteiger partial charge in [-0.3, -0.25) is 14.7 Å². The van der Waals surface area contributed by atoms with E-state index in [9.17, 15) is 13.2 Å². The van der Waals surface area contributed by atoms with Crippen LogP contribution in [-0.4, -0.2) is 47.9 Å². The predicted molar refractivity (Wildman–Crippen MR) is 119 cm³/mol. The van der Waals surface area contributed by atoms with Gasteiger partial charge in [-0.25, -0.2) is 17.7 Å². The van der Waals surface area contributed by atoms with Crippen LogP contribution in [0.4, 0.5) is 5.13 Å². The summed E-state index contributed by atoms with van der Waals surface area (Å²) in [7, 11) is -3.24. The van der Waals surface area contributed by atoms with Gasteiger partial charge in [-0.05, 0) is 37.1 Å². The standard InChI is InChI=1S/C20H21ClN4O3S2/c1-30(27,28)24-11-8-14(9-12-24)19(26)25(13-15-5-2-3-10-22-15)20-23-18-16(21)6-4-7-17(18)29-20/h2-7,10,14H,8-9,11-13H2,1H3. The zero-order valence-electron chi connectivity index (χ0n) is 16.4. The largest absolute Gasteiger partial charge is 0.282 e. The molecule has 1 amide bonds. The van der Waals surface area contributed by atoms with Gasteiger partial charge in [0.15, 0.2) is 5.13 Å². The molecule has 0 unspecified atom stereocenters. The van der Waals surface area contributed by atoms with E-state index >= 15 is 0 Å². The van der Waals surface area contributed by atoms with Gasteiger partial charge in [0.2, 0.25) is 15.9 Å². The molecule has 0 bridgehead atoms. The molecule has 3 aromatic rings. The zero-order valence-corrected chi connectivity index (χ0v) is 18.8. The zero-order chi connectivity index (χ0) is 21.3. The van der Waals surface area contributed by atoms with Crippen LogP contribution < -0.4 is 4.90 Å². The predicted octanol–water partition coefficient (Wildman–Crippen LogP) is 3.55. The molecule has 0 N–H and O–H groups in total. The number of aromatic nitrogens is 2. The van der Waals surface area contributed by atoms with Crippen molar-refractivity contribution in [3.8, 4) is 0 Å². The van der Waals surface area contributed by atoms with Gasteiger partial charge in [-0.1, -0.05) is 35.1 Å². The molecular formula is C20H21ClN4O3S2. The van der Waals surface area contributed by atoms with Crippen LogP contribution in [-0.2, 0) is 21.4 Å². The Hall–Kier alpha value is -2.07. The lowest BCUT2D eigenvalue weighted by Gasteiger charge is -2.32. The maximum atomic E-state index is 13.5. The van der Waals surface area contributed by atoms with E-state index in [4.69, 9.17) is 11.6 Å². The van der Waals surface area contributed by atoms with E-state index in [1.54, 1.807) is 17.2 Å². The average molecular weight is 465 g/mol. The Kier molecular flexibility index (Phi) is 6.06. The number of rotatable bonds is 5. The fourth-order valence-electron chi connectivity index (χ4n) is 3.57. The molecule has 158 valence electrons. The minimum Gasteiger partial charge on any atom is -0.282 e. The van der Waals surface area contributed by atoms with Gasteiger partial charge < -0.3 is 0 Å².